The summed E-state index contributed by atoms with van der Waals surface area (Å²) < 4.78 is 29.5. The van der Waals surface area contributed by atoms with Crippen LogP contribution in [0, 0.1) is 13.8 Å². The van der Waals surface area contributed by atoms with Crippen LogP contribution in [0.5, 0.6) is 0 Å². The van der Waals surface area contributed by atoms with Crippen molar-refractivity contribution < 1.29 is 22.7 Å². The molecular weight excluding hydrogens is 292 g/mol. The Hall–Kier alpha value is -2.08. The Morgan fingerprint density at radius 2 is 1.90 bits per heavy atom. The van der Waals surface area contributed by atoms with E-state index in [0.717, 1.165) is 11.1 Å². The van der Waals surface area contributed by atoms with Gasteiger partial charge in [0.2, 0.25) is 5.76 Å². The van der Waals surface area contributed by atoms with Gasteiger partial charge >= 0.3 is 5.97 Å². The number of aromatic carboxylic acids is 1. The van der Waals surface area contributed by atoms with Gasteiger partial charge in [-0.05, 0) is 25.5 Å². The van der Waals surface area contributed by atoms with Crippen molar-refractivity contribution in [2.24, 2.45) is 0 Å². The molecule has 21 heavy (non-hydrogen) atoms. The number of hydrogen-bond acceptors (Lipinski definition) is 4. The summed E-state index contributed by atoms with van der Waals surface area (Å²) in [6, 6.07) is 8.56. The summed E-state index contributed by atoms with van der Waals surface area (Å²) in [5, 5.41) is 8.84. The molecule has 2 aromatic rings. The summed E-state index contributed by atoms with van der Waals surface area (Å²) in [7, 11) is -3.39. The van der Waals surface area contributed by atoms with E-state index in [4.69, 9.17) is 9.52 Å². The lowest BCUT2D eigenvalue weighted by atomic mass is 10.2. The number of carbonyl (C=O) groups is 1. The van der Waals surface area contributed by atoms with Crippen LogP contribution >= 0.6 is 0 Å². The van der Waals surface area contributed by atoms with Crippen LogP contribution in [0.4, 0.5) is 0 Å². The van der Waals surface area contributed by atoms with Crippen molar-refractivity contribution >= 4 is 15.8 Å². The van der Waals surface area contributed by atoms with Crippen LogP contribution in [0.3, 0.4) is 0 Å². The topological polar surface area (TPSA) is 84.6 Å². The molecule has 0 bridgehead atoms. The molecule has 0 fully saturated rings. The molecule has 2 rings (SSSR count). The number of aryl methyl sites for hydroxylation is 2. The van der Waals surface area contributed by atoms with Crippen molar-refractivity contribution in [2.75, 3.05) is 0 Å². The molecule has 0 atom stereocenters. The lowest BCUT2D eigenvalue weighted by molar-refractivity contribution is 0.0661. The van der Waals surface area contributed by atoms with Crippen LogP contribution in [0.1, 0.15) is 33.0 Å². The van der Waals surface area contributed by atoms with Crippen molar-refractivity contribution in [1.29, 1.82) is 0 Å². The highest BCUT2D eigenvalue weighted by atomic mass is 32.2. The third kappa shape index (κ3) is 3.95. The second kappa shape index (κ2) is 5.73. The third-order valence-corrected chi connectivity index (χ3v) is 4.60. The largest absolute Gasteiger partial charge is 0.475 e. The first-order valence-corrected chi connectivity index (χ1v) is 8.17. The van der Waals surface area contributed by atoms with E-state index in [-0.39, 0.29) is 17.3 Å². The lowest BCUT2D eigenvalue weighted by Crippen LogP contribution is -2.08. The van der Waals surface area contributed by atoms with Crippen molar-refractivity contribution in [3.05, 3.63) is 58.5 Å². The monoisotopic (exact) mass is 308 g/mol. The molecule has 0 aliphatic heterocycles. The maximum Gasteiger partial charge on any atom is 0.371 e. The van der Waals surface area contributed by atoms with Gasteiger partial charge in [0, 0.05) is 5.56 Å². The van der Waals surface area contributed by atoms with Gasteiger partial charge in [0.15, 0.2) is 9.84 Å². The number of carboxylic acids is 1. The molecule has 5 nitrogen and oxygen atoms in total. The van der Waals surface area contributed by atoms with E-state index in [1.807, 2.05) is 25.1 Å². The zero-order chi connectivity index (χ0) is 15.6. The Bertz CT molecular complexity index is 771. The average molecular weight is 308 g/mol. The number of rotatable bonds is 5. The molecule has 0 aliphatic carbocycles. The van der Waals surface area contributed by atoms with Crippen LogP contribution in [-0.4, -0.2) is 19.5 Å². The van der Waals surface area contributed by atoms with E-state index in [2.05, 4.69) is 0 Å². The minimum absolute atomic E-state index is 0.0816. The van der Waals surface area contributed by atoms with Gasteiger partial charge in [0.25, 0.3) is 0 Å². The van der Waals surface area contributed by atoms with Crippen LogP contribution < -0.4 is 0 Å². The molecule has 0 unspecified atom stereocenters. The van der Waals surface area contributed by atoms with Crippen LogP contribution in [0.25, 0.3) is 0 Å². The van der Waals surface area contributed by atoms with Crippen LogP contribution in [0.2, 0.25) is 0 Å². The summed E-state index contributed by atoms with van der Waals surface area (Å²) in [5.41, 5.74) is 2.10. The molecule has 0 amide bonds. The van der Waals surface area contributed by atoms with Gasteiger partial charge in [0.05, 0.1) is 11.5 Å². The minimum Gasteiger partial charge on any atom is -0.475 e. The van der Waals surface area contributed by atoms with Crippen molar-refractivity contribution in [3.8, 4) is 0 Å². The molecule has 1 heterocycles. The number of hydrogen-bond donors (Lipinski definition) is 1. The van der Waals surface area contributed by atoms with Crippen molar-refractivity contribution in [2.45, 2.75) is 25.4 Å². The maximum absolute atomic E-state index is 12.2. The number of sulfone groups is 1. The van der Waals surface area contributed by atoms with Crippen LogP contribution in [0.15, 0.2) is 34.7 Å². The standard InChI is InChI=1S/C15H16O5S/c1-10-4-3-5-12(6-10)8-21(18,19)9-13-7-14(15(16)17)20-11(13)2/h3-7H,8-9H2,1-2H3,(H,16,17). The van der Waals surface area contributed by atoms with Gasteiger partial charge in [-0.1, -0.05) is 29.8 Å². The molecule has 0 spiro atoms. The van der Waals surface area contributed by atoms with E-state index >= 15 is 0 Å². The third-order valence-electron chi connectivity index (χ3n) is 3.08. The van der Waals surface area contributed by atoms with Gasteiger partial charge in [-0.25, -0.2) is 13.2 Å². The summed E-state index contributed by atoms with van der Waals surface area (Å²) in [6.07, 6.45) is 0. The Labute approximate surface area is 123 Å². The zero-order valence-corrected chi connectivity index (χ0v) is 12.6. The highest BCUT2D eigenvalue weighted by molar-refractivity contribution is 7.89. The van der Waals surface area contributed by atoms with Gasteiger partial charge < -0.3 is 9.52 Å². The van der Waals surface area contributed by atoms with E-state index in [1.165, 1.54) is 6.07 Å². The molecule has 0 aliphatic rings. The predicted octanol–water partition coefficient (Wildman–Crippen LogP) is 2.71. The van der Waals surface area contributed by atoms with E-state index in [1.54, 1.807) is 13.0 Å². The van der Waals surface area contributed by atoms with Crippen molar-refractivity contribution in [1.82, 2.24) is 0 Å². The van der Waals surface area contributed by atoms with Gasteiger partial charge in [-0.2, -0.15) is 0 Å². The fourth-order valence-corrected chi connectivity index (χ4v) is 3.66. The quantitative estimate of drug-likeness (QED) is 0.918. The Morgan fingerprint density at radius 1 is 1.19 bits per heavy atom. The molecule has 1 aromatic carbocycles. The number of carboxylic acid groups (broad SMARTS) is 1. The smallest absolute Gasteiger partial charge is 0.371 e. The molecule has 0 saturated carbocycles. The highest BCUT2D eigenvalue weighted by Gasteiger charge is 2.19. The van der Waals surface area contributed by atoms with Crippen molar-refractivity contribution in [3.63, 3.8) is 0 Å². The minimum atomic E-state index is -3.39. The van der Waals surface area contributed by atoms with E-state index in [0.29, 0.717) is 11.3 Å². The van der Waals surface area contributed by atoms with Crippen LogP contribution in [-0.2, 0) is 21.3 Å². The normalized spacial score (nSPS) is 11.5. The fraction of sp³-hybridized carbons (Fsp3) is 0.267. The lowest BCUT2D eigenvalue weighted by Gasteiger charge is -2.04. The SMILES string of the molecule is Cc1cccc(CS(=O)(=O)Cc2cc(C(=O)O)oc2C)c1. The summed E-state index contributed by atoms with van der Waals surface area (Å²) in [4.78, 5) is 10.8. The number of benzene rings is 1. The van der Waals surface area contributed by atoms with Gasteiger partial charge in [-0.3, -0.25) is 0 Å². The predicted molar refractivity (Wildman–Crippen MR) is 77.9 cm³/mol. The summed E-state index contributed by atoms with van der Waals surface area (Å²) >= 11 is 0. The first kappa shape index (κ1) is 15.3. The number of furan rings is 1. The molecule has 0 radical (unpaired) electrons. The zero-order valence-electron chi connectivity index (χ0n) is 11.8. The Morgan fingerprint density at radius 3 is 2.48 bits per heavy atom. The molecule has 0 saturated heterocycles. The molecular formula is C15H16O5S. The molecule has 6 heteroatoms. The fourth-order valence-electron chi connectivity index (χ4n) is 2.11. The molecule has 1 aromatic heterocycles. The second-order valence-corrected chi connectivity index (χ2v) is 7.08. The first-order valence-electron chi connectivity index (χ1n) is 6.35. The molecule has 1 N–H and O–H groups in total. The van der Waals surface area contributed by atoms with Gasteiger partial charge in [-0.15, -0.1) is 0 Å². The summed E-state index contributed by atoms with van der Waals surface area (Å²) in [6.45, 7) is 3.46. The summed E-state index contributed by atoms with van der Waals surface area (Å²) in [5.74, 6) is -1.44. The first-order chi connectivity index (χ1) is 9.77. The highest BCUT2D eigenvalue weighted by Crippen LogP contribution is 2.20. The second-order valence-electron chi connectivity index (χ2n) is 5.02. The van der Waals surface area contributed by atoms with E-state index in [9.17, 15) is 13.2 Å². The van der Waals surface area contributed by atoms with E-state index < -0.39 is 15.8 Å². The average Bonchev–Trinajstić information content (AvgIpc) is 2.69. The van der Waals surface area contributed by atoms with Gasteiger partial charge in [0.1, 0.15) is 5.76 Å². The Kier molecular flexibility index (Phi) is 4.18. The maximum atomic E-state index is 12.2. The molecule has 112 valence electrons. The Balaban J connectivity index is 2.20.